The third-order valence-electron chi connectivity index (χ3n) is 3.29. The minimum absolute atomic E-state index is 0.864. The molecule has 3 heteroatoms. The highest BCUT2D eigenvalue weighted by Gasteiger charge is 2.14. The highest BCUT2D eigenvalue weighted by molar-refractivity contribution is 7.99. The van der Waals surface area contributed by atoms with Crippen LogP contribution in [-0.2, 0) is 0 Å². The van der Waals surface area contributed by atoms with Crippen molar-refractivity contribution in [1.29, 1.82) is 0 Å². The first-order valence-corrected chi connectivity index (χ1v) is 7.37. The molecule has 0 aromatic carbocycles. The molecular weight excluding hydrogens is 204 g/mol. The number of nitrogens with zero attached hydrogens (tertiary/aromatic N) is 2. The average molecular weight is 230 g/mol. The maximum atomic E-state index is 2.63. The van der Waals surface area contributed by atoms with Gasteiger partial charge in [0.1, 0.15) is 0 Å². The van der Waals surface area contributed by atoms with Gasteiger partial charge in [-0.15, -0.1) is 0 Å². The van der Waals surface area contributed by atoms with E-state index in [1.807, 2.05) is 0 Å². The summed E-state index contributed by atoms with van der Waals surface area (Å²) in [6.07, 6.45) is 1.36. The molecule has 1 saturated heterocycles. The molecule has 90 valence electrons. The van der Waals surface area contributed by atoms with E-state index in [9.17, 15) is 0 Å². The largest absolute Gasteiger partial charge is 0.303 e. The van der Waals surface area contributed by atoms with E-state index in [0.717, 1.165) is 5.25 Å². The van der Waals surface area contributed by atoms with E-state index < -0.39 is 0 Å². The second-order valence-electron chi connectivity index (χ2n) is 4.34. The van der Waals surface area contributed by atoms with Crippen LogP contribution in [0.2, 0.25) is 0 Å². The molecule has 1 heterocycles. The summed E-state index contributed by atoms with van der Waals surface area (Å²) < 4.78 is 0. The van der Waals surface area contributed by atoms with Crippen molar-refractivity contribution in [2.45, 2.75) is 32.4 Å². The van der Waals surface area contributed by atoms with Gasteiger partial charge in [0, 0.05) is 30.6 Å². The molecule has 2 nitrogen and oxygen atoms in total. The van der Waals surface area contributed by atoms with Crippen molar-refractivity contribution in [3.05, 3.63) is 0 Å². The van der Waals surface area contributed by atoms with Gasteiger partial charge in [-0.05, 0) is 26.1 Å². The van der Waals surface area contributed by atoms with Crippen molar-refractivity contribution in [2.24, 2.45) is 0 Å². The first-order chi connectivity index (χ1) is 7.26. The summed E-state index contributed by atoms with van der Waals surface area (Å²) in [7, 11) is 0. The molecule has 15 heavy (non-hydrogen) atoms. The lowest BCUT2D eigenvalue weighted by Crippen LogP contribution is -2.36. The summed E-state index contributed by atoms with van der Waals surface area (Å²) in [6.45, 7) is 14.3. The Morgan fingerprint density at radius 3 is 2.67 bits per heavy atom. The fourth-order valence-electron chi connectivity index (χ4n) is 1.99. The zero-order valence-corrected chi connectivity index (χ0v) is 11.4. The Balaban J connectivity index is 2.19. The van der Waals surface area contributed by atoms with Gasteiger partial charge < -0.3 is 9.80 Å². The molecule has 1 rings (SSSR count). The zero-order chi connectivity index (χ0) is 11.1. The molecule has 0 N–H and O–H groups in total. The molecule has 0 aromatic rings. The van der Waals surface area contributed by atoms with Crippen molar-refractivity contribution in [1.82, 2.24) is 9.80 Å². The predicted molar refractivity (Wildman–Crippen MR) is 70.8 cm³/mol. The Morgan fingerprint density at radius 2 is 2.00 bits per heavy atom. The number of thioether (sulfide) groups is 1. The van der Waals surface area contributed by atoms with Gasteiger partial charge in [-0.2, -0.15) is 11.8 Å². The quantitative estimate of drug-likeness (QED) is 0.714. The molecule has 1 atom stereocenters. The van der Waals surface area contributed by atoms with Gasteiger partial charge in [-0.3, -0.25) is 0 Å². The van der Waals surface area contributed by atoms with Gasteiger partial charge in [-0.1, -0.05) is 20.8 Å². The number of rotatable bonds is 5. The zero-order valence-electron chi connectivity index (χ0n) is 10.5. The Kier molecular flexibility index (Phi) is 6.69. The minimum atomic E-state index is 0.864. The first-order valence-electron chi connectivity index (χ1n) is 6.32. The topological polar surface area (TPSA) is 6.48 Å². The van der Waals surface area contributed by atoms with E-state index in [4.69, 9.17) is 0 Å². The maximum absolute atomic E-state index is 2.63. The second kappa shape index (κ2) is 7.53. The van der Waals surface area contributed by atoms with Gasteiger partial charge in [-0.25, -0.2) is 0 Å². The summed E-state index contributed by atoms with van der Waals surface area (Å²) >= 11 is 2.13. The van der Waals surface area contributed by atoms with E-state index in [1.54, 1.807) is 0 Å². The predicted octanol–water partition coefficient (Wildman–Crippen LogP) is 2.16. The molecule has 1 aliphatic heterocycles. The van der Waals surface area contributed by atoms with E-state index >= 15 is 0 Å². The molecule has 0 amide bonds. The van der Waals surface area contributed by atoms with Gasteiger partial charge in [0.25, 0.3) is 0 Å². The van der Waals surface area contributed by atoms with E-state index in [-0.39, 0.29) is 0 Å². The summed E-state index contributed by atoms with van der Waals surface area (Å²) in [6, 6.07) is 0. The molecule has 0 aromatic heterocycles. The Hall–Kier alpha value is 0.270. The van der Waals surface area contributed by atoms with E-state index in [1.165, 1.54) is 51.4 Å². The highest BCUT2D eigenvalue weighted by atomic mass is 32.2. The van der Waals surface area contributed by atoms with Gasteiger partial charge in [0.15, 0.2) is 0 Å². The van der Waals surface area contributed by atoms with Crippen molar-refractivity contribution in [3.8, 4) is 0 Å². The van der Waals surface area contributed by atoms with Crippen LogP contribution in [0.4, 0.5) is 0 Å². The lowest BCUT2D eigenvalue weighted by molar-refractivity contribution is 0.222. The number of hydrogen-bond donors (Lipinski definition) is 0. The molecule has 0 saturated carbocycles. The van der Waals surface area contributed by atoms with E-state index in [2.05, 4.69) is 42.3 Å². The van der Waals surface area contributed by atoms with Crippen LogP contribution in [0.3, 0.4) is 0 Å². The molecule has 0 unspecified atom stereocenters. The van der Waals surface area contributed by atoms with Crippen LogP contribution < -0.4 is 0 Å². The number of hydrogen-bond acceptors (Lipinski definition) is 3. The lowest BCUT2D eigenvalue weighted by Gasteiger charge is -2.24. The van der Waals surface area contributed by atoms with Crippen LogP contribution in [0.1, 0.15) is 27.2 Å². The van der Waals surface area contributed by atoms with Crippen LogP contribution in [-0.4, -0.2) is 60.1 Å². The first kappa shape index (κ1) is 13.3. The third-order valence-corrected chi connectivity index (χ3v) is 4.51. The fourth-order valence-corrected chi connectivity index (χ4v) is 3.03. The SMILES string of the molecule is CCN(CC)CCN1CCS[C@@H](C)CC1. The summed E-state index contributed by atoms with van der Waals surface area (Å²) in [5.41, 5.74) is 0. The Bertz CT molecular complexity index is 160. The molecular formula is C12H26N2S. The van der Waals surface area contributed by atoms with Gasteiger partial charge in [0.05, 0.1) is 0 Å². The molecule has 1 fully saturated rings. The van der Waals surface area contributed by atoms with Gasteiger partial charge in [0.2, 0.25) is 0 Å². The van der Waals surface area contributed by atoms with Crippen LogP contribution in [0, 0.1) is 0 Å². The van der Waals surface area contributed by atoms with Crippen molar-refractivity contribution in [2.75, 3.05) is 45.0 Å². The van der Waals surface area contributed by atoms with Crippen molar-refractivity contribution >= 4 is 11.8 Å². The van der Waals surface area contributed by atoms with Gasteiger partial charge >= 0.3 is 0 Å². The fraction of sp³-hybridized carbons (Fsp3) is 1.00. The summed E-state index contributed by atoms with van der Waals surface area (Å²) in [4.78, 5) is 5.15. The molecule has 0 spiro atoms. The molecule has 0 radical (unpaired) electrons. The Morgan fingerprint density at radius 1 is 1.27 bits per heavy atom. The van der Waals surface area contributed by atoms with Crippen molar-refractivity contribution in [3.63, 3.8) is 0 Å². The highest BCUT2D eigenvalue weighted by Crippen LogP contribution is 2.18. The lowest BCUT2D eigenvalue weighted by atomic mass is 10.3. The standard InChI is InChI=1S/C12H26N2S/c1-4-13(5-2)8-9-14-7-6-12(3)15-11-10-14/h12H,4-11H2,1-3H3/t12-/m0/s1. The molecule has 0 aliphatic carbocycles. The monoisotopic (exact) mass is 230 g/mol. The summed E-state index contributed by atoms with van der Waals surface area (Å²) in [5, 5.41) is 0.864. The van der Waals surface area contributed by atoms with Crippen molar-refractivity contribution < 1.29 is 0 Å². The number of likely N-dealkylation sites (N-methyl/N-ethyl adjacent to an activating group) is 1. The molecule has 1 aliphatic rings. The minimum Gasteiger partial charge on any atom is -0.303 e. The molecule has 0 bridgehead atoms. The van der Waals surface area contributed by atoms with Crippen LogP contribution >= 0.6 is 11.8 Å². The summed E-state index contributed by atoms with van der Waals surface area (Å²) in [5.74, 6) is 1.32. The van der Waals surface area contributed by atoms with E-state index in [0.29, 0.717) is 0 Å². The van der Waals surface area contributed by atoms with Crippen LogP contribution in [0.25, 0.3) is 0 Å². The normalized spacial score (nSPS) is 24.4. The van der Waals surface area contributed by atoms with Crippen LogP contribution in [0.15, 0.2) is 0 Å². The second-order valence-corrected chi connectivity index (χ2v) is 5.88. The Labute approximate surface area is 99.4 Å². The maximum Gasteiger partial charge on any atom is 0.0110 e. The third kappa shape index (κ3) is 5.23. The van der Waals surface area contributed by atoms with Crippen LogP contribution in [0.5, 0.6) is 0 Å². The smallest absolute Gasteiger partial charge is 0.0110 e. The average Bonchev–Trinajstić information content (AvgIpc) is 2.45.